The lowest BCUT2D eigenvalue weighted by molar-refractivity contribution is 0.326. The summed E-state index contributed by atoms with van der Waals surface area (Å²) in [5, 5.41) is 4.05. The Morgan fingerprint density at radius 1 is 1.70 bits per heavy atom. The van der Waals surface area contributed by atoms with E-state index in [9.17, 15) is 0 Å². The quantitative estimate of drug-likeness (QED) is 0.569. The van der Waals surface area contributed by atoms with E-state index in [0.717, 1.165) is 11.7 Å². The maximum Gasteiger partial charge on any atom is 0.169 e. The standard InChI is InChI=1S/C7H14N2S/c1-5(2)6-4-8-7(10)9(6)3/h5-6H,4H2,1-3H3,(H,8,10). The molecule has 1 heterocycles. The summed E-state index contributed by atoms with van der Waals surface area (Å²) in [6.45, 7) is 5.44. The molecule has 1 aliphatic heterocycles. The molecule has 1 saturated heterocycles. The molecule has 0 aromatic carbocycles. The first kappa shape index (κ1) is 7.79. The summed E-state index contributed by atoms with van der Waals surface area (Å²) >= 11 is 5.05. The van der Waals surface area contributed by atoms with E-state index < -0.39 is 0 Å². The van der Waals surface area contributed by atoms with Gasteiger partial charge >= 0.3 is 0 Å². The minimum Gasteiger partial charge on any atom is -0.360 e. The average Bonchev–Trinajstić information content (AvgIpc) is 2.14. The second kappa shape index (κ2) is 2.74. The monoisotopic (exact) mass is 158 g/mol. The predicted octanol–water partition coefficient (Wildman–Crippen LogP) is 0.831. The van der Waals surface area contributed by atoms with Crippen molar-refractivity contribution in [2.45, 2.75) is 19.9 Å². The van der Waals surface area contributed by atoms with Crippen molar-refractivity contribution in [3.8, 4) is 0 Å². The number of likely N-dealkylation sites (N-methyl/N-ethyl adjacent to an activating group) is 1. The Morgan fingerprint density at radius 3 is 2.50 bits per heavy atom. The van der Waals surface area contributed by atoms with Gasteiger partial charge in [-0.2, -0.15) is 0 Å². The van der Waals surface area contributed by atoms with Crippen LogP contribution in [0.25, 0.3) is 0 Å². The summed E-state index contributed by atoms with van der Waals surface area (Å²) in [6, 6.07) is 0.590. The van der Waals surface area contributed by atoms with Crippen LogP contribution in [0.3, 0.4) is 0 Å². The summed E-state index contributed by atoms with van der Waals surface area (Å²) in [4.78, 5) is 2.14. The van der Waals surface area contributed by atoms with Crippen molar-refractivity contribution in [3.05, 3.63) is 0 Å². The molecule has 0 spiro atoms. The maximum atomic E-state index is 5.05. The first-order valence-electron chi connectivity index (χ1n) is 3.63. The van der Waals surface area contributed by atoms with E-state index in [-0.39, 0.29) is 0 Å². The lowest BCUT2D eigenvalue weighted by atomic mass is 10.1. The maximum absolute atomic E-state index is 5.05. The van der Waals surface area contributed by atoms with Crippen molar-refractivity contribution in [1.82, 2.24) is 10.2 Å². The van der Waals surface area contributed by atoms with Crippen molar-refractivity contribution in [2.75, 3.05) is 13.6 Å². The summed E-state index contributed by atoms with van der Waals surface area (Å²) in [5.74, 6) is 0.679. The highest BCUT2D eigenvalue weighted by atomic mass is 32.1. The van der Waals surface area contributed by atoms with Gasteiger partial charge in [0.25, 0.3) is 0 Å². The van der Waals surface area contributed by atoms with Crippen LogP contribution in [0.4, 0.5) is 0 Å². The molecule has 1 fully saturated rings. The normalized spacial score (nSPS) is 25.8. The summed E-state index contributed by atoms with van der Waals surface area (Å²) < 4.78 is 0. The van der Waals surface area contributed by atoms with Gasteiger partial charge in [-0.1, -0.05) is 13.8 Å². The van der Waals surface area contributed by atoms with E-state index in [2.05, 4.69) is 24.1 Å². The van der Waals surface area contributed by atoms with Crippen LogP contribution in [0.2, 0.25) is 0 Å². The van der Waals surface area contributed by atoms with Crippen LogP contribution in [0, 0.1) is 5.92 Å². The first-order valence-corrected chi connectivity index (χ1v) is 4.04. The van der Waals surface area contributed by atoms with Crippen molar-refractivity contribution in [2.24, 2.45) is 5.92 Å². The molecule has 58 valence electrons. The Balaban J connectivity index is 2.57. The highest BCUT2D eigenvalue weighted by molar-refractivity contribution is 7.80. The van der Waals surface area contributed by atoms with Gasteiger partial charge in [0.1, 0.15) is 0 Å². The largest absolute Gasteiger partial charge is 0.360 e. The van der Waals surface area contributed by atoms with Crippen molar-refractivity contribution in [1.29, 1.82) is 0 Å². The molecular weight excluding hydrogens is 144 g/mol. The van der Waals surface area contributed by atoms with Crippen LogP contribution < -0.4 is 5.32 Å². The third-order valence-corrected chi connectivity index (χ3v) is 2.48. The molecule has 1 unspecified atom stereocenters. The van der Waals surface area contributed by atoms with Crippen molar-refractivity contribution in [3.63, 3.8) is 0 Å². The van der Waals surface area contributed by atoms with Gasteiger partial charge in [-0.15, -0.1) is 0 Å². The molecule has 2 nitrogen and oxygen atoms in total. The van der Waals surface area contributed by atoms with Gasteiger partial charge in [-0.25, -0.2) is 0 Å². The van der Waals surface area contributed by atoms with Crippen molar-refractivity contribution >= 4 is 17.3 Å². The Morgan fingerprint density at radius 2 is 2.30 bits per heavy atom. The second-order valence-electron chi connectivity index (χ2n) is 3.11. The van der Waals surface area contributed by atoms with Crippen LogP contribution in [0.15, 0.2) is 0 Å². The first-order chi connectivity index (χ1) is 4.63. The molecule has 0 aromatic heterocycles. The third-order valence-electron chi connectivity index (χ3n) is 2.05. The smallest absolute Gasteiger partial charge is 0.169 e. The van der Waals surface area contributed by atoms with Gasteiger partial charge in [-0.3, -0.25) is 0 Å². The fourth-order valence-electron chi connectivity index (χ4n) is 1.29. The molecule has 0 aromatic rings. The van der Waals surface area contributed by atoms with E-state index >= 15 is 0 Å². The average molecular weight is 158 g/mol. The summed E-state index contributed by atoms with van der Waals surface area (Å²) in [5.41, 5.74) is 0. The molecule has 10 heavy (non-hydrogen) atoms. The zero-order valence-electron chi connectivity index (χ0n) is 6.72. The van der Waals surface area contributed by atoms with Gasteiger partial charge in [-0.05, 0) is 18.1 Å². The zero-order valence-corrected chi connectivity index (χ0v) is 7.53. The minimum atomic E-state index is 0.590. The molecule has 1 atom stereocenters. The summed E-state index contributed by atoms with van der Waals surface area (Å²) in [7, 11) is 2.05. The molecule has 0 saturated carbocycles. The number of nitrogens with zero attached hydrogens (tertiary/aromatic N) is 1. The molecule has 1 aliphatic rings. The van der Waals surface area contributed by atoms with Crippen LogP contribution in [0.5, 0.6) is 0 Å². The molecule has 1 rings (SSSR count). The van der Waals surface area contributed by atoms with Gasteiger partial charge in [0.2, 0.25) is 0 Å². The Bertz CT molecular complexity index is 145. The highest BCUT2D eigenvalue weighted by Crippen LogP contribution is 2.12. The van der Waals surface area contributed by atoms with Crippen molar-refractivity contribution < 1.29 is 0 Å². The van der Waals surface area contributed by atoms with Crippen LogP contribution >= 0.6 is 12.2 Å². The fraction of sp³-hybridized carbons (Fsp3) is 0.857. The minimum absolute atomic E-state index is 0.590. The Labute approximate surface area is 67.6 Å². The Kier molecular flexibility index (Phi) is 2.14. The molecule has 0 bridgehead atoms. The number of nitrogens with one attached hydrogen (secondary N) is 1. The number of rotatable bonds is 1. The molecule has 3 heteroatoms. The Hall–Kier alpha value is -0.310. The fourth-order valence-corrected chi connectivity index (χ4v) is 1.51. The van der Waals surface area contributed by atoms with E-state index in [4.69, 9.17) is 12.2 Å². The SMILES string of the molecule is CC(C)C1CNC(=S)N1C. The van der Waals surface area contributed by atoms with Crippen LogP contribution in [-0.4, -0.2) is 29.6 Å². The van der Waals surface area contributed by atoms with E-state index in [1.165, 1.54) is 0 Å². The van der Waals surface area contributed by atoms with E-state index in [0.29, 0.717) is 12.0 Å². The van der Waals surface area contributed by atoms with E-state index in [1.54, 1.807) is 0 Å². The second-order valence-corrected chi connectivity index (χ2v) is 3.50. The van der Waals surface area contributed by atoms with E-state index in [1.807, 2.05) is 7.05 Å². The zero-order chi connectivity index (χ0) is 7.72. The van der Waals surface area contributed by atoms with Crippen LogP contribution in [0.1, 0.15) is 13.8 Å². The van der Waals surface area contributed by atoms with Crippen LogP contribution in [-0.2, 0) is 0 Å². The number of hydrogen-bond donors (Lipinski definition) is 1. The molecule has 1 N–H and O–H groups in total. The lowest BCUT2D eigenvalue weighted by Crippen LogP contribution is -2.33. The number of thiocarbonyl (C=S) groups is 1. The van der Waals surface area contributed by atoms with Gasteiger partial charge in [0.15, 0.2) is 5.11 Å². The predicted molar refractivity (Wildman–Crippen MR) is 47.0 cm³/mol. The molecule has 0 amide bonds. The molecule has 0 radical (unpaired) electrons. The highest BCUT2D eigenvalue weighted by Gasteiger charge is 2.26. The third kappa shape index (κ3) is 1.24. The molecular formula is C7H14N2S. The molecule has 0 aliphatic carbocycles. The lowest BCUT2D eigenvalue weighted by Gasteiger charge is -2.22. The summed E-state index contributed by atoms with van der Waals surface area (Å²) in [6.07, 6.45) is 0. The van der Waals surface area contributed by atoms with Gasteiger partial charge in [0.05, 0.1) is 6.04 Å². The van der Waals surface area contributed by atoms with Gasteiger partial charge < -0.3 is 10.2 Å². The number of hydrogen-bond acceptors (Lipinski definition) is 1. The topological polar surface area (TPSA) is 15.3 Å². The van der Waals surface area contributed by atoms with Gasteiger partial charge in [0, 0.05) is 13.6 Å².